The molecule has 2 nitrogen and oxygen atoms in total. The van der Waals surface area contributed by atoms with Crippen molar-refractivity contribution >= 4 is 11.8 Å². The molecular formula is C33H68N2S. The quantitative estimate of drug-likeness (QED) is 0.120. The normalized spacial score (nSPS) is 21.2. The van der Waals surface area contributed by atoms with Gasteiger partial charge < -0.3 is 10.2 Å². The molecule has 1 rings (SSSR count). The molecule has 0 radical (unpaired) electrons. The van der Waals surface area contributed by atoms with E-state index >= 15 is 0 Å². The van der Waals surface area contributed by atoms with Crippen molar-refractivity contribution in [2.75, 3.05) is 19.6 Å². The Morgan fingerprint density at radius 1 is 0.639 bits per heavy atom. The van der Waals surface area contributed by atoms with Gasteiger partial charge in [-0.3, -0.25) is 0 Å². The molecule has 0 aromatic rings. The minimum atomic E-state index is 0.659. The average Bonchev–Trinajstić information content (AvgIpc) is 3.32. The van der Waals surface area contributed by atoms with Crippen molar-refractivity contribution in [1.82, 2.24) is 10.2 Å². The summed E-state index contributed by atoms with van der Waals surface area (Å²) in [6.07, 6.45) is 26.7. The topological polar surface area (TPSA) is 15.3 Å². The summed E-state index contributed by atoms with van der Waals surface area (Å²) >= 11 is 2.37. The summed E-state index contributed by atoms with van der Waals surface area (Å²) in [5, 5.41) is 5.74. The molecule has 1 fully saturated rings. The second kappa shape index (κ2) is 23.2. The van der Waals surface area contributed by atoms with E-state index in [2.05, 4.69) is 63.5 Å². The van der Waals surface area contributed by atoms with Crippen molar-refractivity contribution in [3.63, 3.8) is 0 Å². The average molecular weight is 525 g/mol. The molecule has 1 saturated heterocycles. The Hall–Kier alpha value is 0.270. The van der Waals surface area contributed by atoms with Gasteiger partial charge in [0.05, 0.1) is 5.37 Å². The SMILES string of the molecule is CCCCCCC(C)C1NC(CCN(CC)CCCCC)SC1C(CCCCCC)CCCCCC. The predicted molar refractivity (Wildman–Crippen MR) is 167 cm³/mol. The van der Waals surface area contributed by atoms with Crippen LogP contribution in [0.5, 0.6) is 0 Å². The van der Waals surface area contributed by atoms with Crippen molar-refractivity contribution in [3.05, 3.63) is 0 Å². The van der Waals surface area contributed by atoms with E-state index in [1.54, 1.807) is 0 Å². The first-order valence-electron chi connectivity index (χ1n) is 16.7. The zero-order valence-electron chi connectivity index (χ0n) is 25.8. The van der Waals surface area contributed by atoms with Gasteiger partial charge in [0.1, 0.15) is 0 Å². The lowest BCUT2D eigenvalue weighted by atomic mass is 9.83. The van der Waals surface area contributed by atoms with Crippen molar-refractivity contribution in [2.45, 2.75) is 180 Å². The monoisotopic (exact) mass is 525 g/mol. The Balaban J connectivity index is 2.82. The van der Waals surface area contributed by atoms with E-state index < -0.39 is 0 Å². The minimum absolute atomic E-state index is 0.659. The summed E-state index contributed by atoms with van der Waals surface area (Å²) in [6.45, 7) is 18.1. The predicted octanol–water partition coefficient (Wildman–Crippen LogP) is 10.5. The molecule has 0 bridgehead atoms. The van der Waals surface area contributed by atoms with Crippen LogP contribution in [0.3, 0.4) is 0 Å². The highest BCUT2D eigenvalue weighted by molar-refractivity contribution is 8.00. The number of rotatable bonds is 25. The van der Waals surface area contributed by atoms with E-state index in [1.165, 1.54) is 142 Å². The highest BCUT2D eigenvalue weighted by Crippen LogP contribution is 2.42. The third-order valence-corrected chi connectivity index (χ3v) is 10.4. The minimum Gasteiger partial charge on any atom is -0.304 e. The molecule has 0 spiro atoms. The van der Waals surface area contributed by atoms with E-state index in [9.17, 15) is 0 Å². The standard InChI is InChI=1S/C33H68N2S/c1-7-12-16-19-23-29(6)32-33(30(24-20-17-13-8-2)25-21-18-14-9-3)36-31(34-32)26-28-35(11-5)27-22-15-10-4/h29-34H,7-28H2,1-6H3. The van der Waals surface area contributed by atoms with Crippen LogP contribution in [0, 0.1) is 11.8 Å². The zero-order valence-corrected chi connectivity index (χ0v) is 26.6. The highest BCUT2D eigenvalue weighted by Gasteiger charge is 2.40. The molecule has 1 N–H and O–H groups in total. The van der Waals surface area contributed by atoms with Gasteiger partial charge in [0.15, 0.2) is 0 Å². The molecule has 1 aliphatic rings. The van der Waals surface area contributed by atoms with Gasteiger partial charge in [0.25, 0.3) is 0 Å². The third-order valence-electron chi connectivity index (χ3n) is 8.73. The van der Waals surface area contributed by atoms with Gasteiger partial charge in [-0.2, -0.15) is 0 Å². The molecule has 1 heterocycles. The molecule has 4 unspecified atom stereocenters. The Morgan fingerprint density at radius 2 is 1.17 bits per heavy atom. The second-order valence-electron chi connectivity index (χ2n) is 12.0. The van der Waals surface area contributed by atoms with Gasteiger partial charge >= 0.3 is 0 Å². The molecule has 4 atom stereocenters. The first kappa shape index (κ1) is 34.3. The molecule has 3 heteroatoms. The number of nitrogens with one attached hydrogen (secondary N) is 1. The Morgan fingerprint density at radius 3 is 1.69 bits per heavy atom. The van der Waals surface area contributed by atoms with Crippen LogP contribution in [0.2, 0.25) is 0 Å². The maximum absolute atomic E-state index is 4.25. The van der Waals surface area contributed by atoms with Crippen LogP contribution >= 0.6 is 11.8 Å². The Labute approximate surface area is 233 Å². The van der Waals surface area contributed by atoms with Crippen LogP contribution in [0.25, 0.3) is 0 Å². The fourth-order valence-electron chi connectivity index (χ4n) is 6.19. The summed E-state index contributed by atoms with van der Waals surface area (Å²) in [5.74, 6) is 1.72. The fraction of sp³-hybridized carbons (Fsp3) is 1.00. The largest absolute Gasteiger partial charge is 0.304 e. The van der Waals surface area contributed by atoms with Crippen LogP contribution in [0.15, 0.2) is 0 Å². The molecule has 0 aromatic heterocycles. The molecule has 0 amide bonds. The fourth-order valence-corrected chi connectivity index (χ4v) is 8.06. The zero-order chi connectivity index (χ0) is 26.4. The van der Waals surface area contributed by atoms with Crippen LogP contribution in [-0.2, 0) is 0 Å². The maximum Gasteiger partial charge on any atom is 0.0550 e. The Kier molecular flexibility index (Phi) is 22.1. The lowest BCUT2D eigenvalue weighted by Gasteiger charge is -2.31. The van der Waals surface area contributed by atoms with Gasteiger partial charge in [-0.15, -0.1) is 11.8 Å². The molecule has 0 saturated carbocycles. The third kappa shape index (κ3) is 15.0. The van der Waals surface area contributed by atoms with Gasteiger partial charge in [0.2, 0.25) is 0 Å². The van der Waals surface area contributed by atoms with Gasteiger partial charge in [0, 0.05) is 17.8 Å². The number of nitrogens with zero attached hydrogens (tertiary/aromatic N) is 1. The first-order chi connectivity index (χ1) is 17.6. The summed E-state index contributed by atoms with van der Waals surface area (Å²) in [5.41, 5.74) is 0. The van der Waals surface area contributed by atoms with Gasteiger partial charge in [-0.25, -0.2) is 0 Å². The highest BCUT2D eigenvalue weighted by atomic mass is 32.2. The molecule has 0 aliphatic carbocycles. The number of thioether (sulfide) groups is 1. The molecule has 1 aliphatic heterocycles. The van der Waals surface area contributed by atoms with Crippen LogP contribution in [0.4, 0.5) is 0 Å². The van der Waals surface area contributed by atoms with Crippen molar-refractivity contribution in [2.24, 2.45) is 11.8 Å². The van der Waals surface area contributed by atoms with Crippen LogP contribution in [-0.4, -0.2) is 41.2 Å². The number of hydrogen-bond acceptors (Lipinski definition) is 3. The lowest BCUT2D eigenvalue weighted by Crippen LogP contribution is -2.42. The van der Waals surface area contributed by atoms with E-state index in [-0.39, 0.29) is 0 Å². The Bertz CT molecular complexity index is 459. The van der Waals surface area contributed by atoms with Crippen molar-refractivity contribution < 1.29 is 0 Å². The molecule has 36 heavy (non-hydrogen) atoms. The van der Waals surface area contributed by atoms with Gasteiger partial charge in [-0.1, -0.05) is 131 Å². The smallest absolute Gasteiger partial charge is 0.0550 e. The first-order valence-corrected chi connectivity index (χ1v) is 17.7. The number of hydrogen-bond donors (Lipinski definition) is 1. The molecule has 0 aromatic carbocycles. The summed E-state index contributed by atoms with van der Waals surface area (Å²) in [6, 6.07) is 0.721. The van der Waals surface area contributed by atoms with E-state index in [1.807, 2.05) is 0 Å². The molecular weight excluding hydrogens is 456 g/mol. The molecule has 216 valence electrons. The van der Waals surface area contributed by atoms with Crippen molar-refractivity contribution in [1.29, 1.82) is 0 Å². The van der Waals surface area contributed by atoms with Crippen LogP contribution in [0.1, 0.15) is 164 Å². The van der Waals surface area contributed by atoms with Crippen LogP contribution < -0.4 is 5.32 Å². The lowest BCUT2D eigenvalue weighted by molar-refractivity contribution is 0.260. The summed E-state index contributed by atoms with van der Waals surface area (Å²) < 4.78 is 0. The van der Waals surface area contributed by atoms with Gasteiger partial charge in [-0.05, 0) is 57.0 Å². The summed E-state index contributed by atoms with van der Waals surface area (Å²) in [4.78, 5) is 2.71. The second-order valence-corrected chi connectivity index (χ2v) is 13.4. The summed E-state index contributed by atoms with van der Waals surface area (Å²) in [7, 11) is 0. The van der Waals surface area contributed by atoms with E-state index in [4.69, 9.17) is 0 Å². The number of unbranched alkanes of at least 4 members (excludes halogenated alkanes) is 11. The van der Waals surface area contributed by atoms with E-state index in [0.29, 0.717) is 5.37 Å². The maximum atomic E-state index is 4.25. The van der Waals surface area contributed by atoms with Crippen molar-refractivity contribution in [3.8, 4) is 0 Å². The van der Waals surface area contributed by atoms with E-state index in [0.717, 1.165) is 23.1 Å².